The molecule has 0 spiro atoms. The summed E-state index contributed by atoms with van der Waals surface area (Å²) in [5, 5.41) is -0.0171. The molecule has 0 unspecified atom stereocenters. The Morgan fingerprint density at radius 3 is 2.44 bits per heavy atom. The van der Waals surface area contributed by atoms with Crippen molar-refractivity contribution in [3.05, 3.63) is 24.3 Å². The van der Waals surface area contributed by atoms with E-state index in [-0.39, 0.29) is 11.2 Å². The van der Waals surface area contributed by atoms with Gasteiger partial charge < -0.3 is 9.64 Å². The van der Waals surface area contributed by atoms with E-state index in [9.17, 15) is 4.79 Å². The minimum absolute atomic E-state index is 0.0171. The summed E-state index contributed by atoms with van der Waals surface area (Å²) in [5.41, 5.74) is 0. The Morgan fingerprint density at radius 1 is 1.28 bits per heavy atom. The topological polar surface area (TPSA) is 29.5 Å². The highest BCUT2D eigenvalue weighted by molar-refractivity contribution is 8.00. The third kappa shape index (κ3) is 3.19. The van der Waals surface area contributed by atoms with Gasteiger partial charge in [0, 0.05) is 18.0 Å². The second-order valence-electron chi connectivity index (χ2n) is 4.47. The van der Waals surface area contributed by atoms with Crippen molar-refractivity contribution in [3.8, 4) is 5.75 Å². The summed E-state index contributed by atoms with van der Waals surface area (Å²) in [7, 11) is 1.65. The van der Waals surface area contributed by atoms with Gasteiger partial charge in [-0.2, -0.15) is 0 Å². The Morgan fingerprint density at radius 2 is 1.89 bits per heavy atom. The maximum Gasteiger partial charge on any atom is 0.235 e. The molecule has 0 radical (unpaired) electrons. The van der Waals surface area contributed by atoms with Gasteiger partial charge in [0.15, 0.2) is 0 Å². The van der Waals surface area contributed by atoms with Crippen LogP contribution in [-0.4, -0.2) is 36.3 Å². The number of ether oxygens (including phenoxy) is 1. The van der Waals surface area contributed by atoms with Crippen molar-refractivity contribution < 1.29 is 9.53 Å². The first kappa shape index (κ1) is 13.3. The van der Waals surface area contributed by atoms with Crippen molar-refractivity contribution in [2.75, 3.05) is 20.2 Å². The minimum Gasteiger partial charge on any atom is -0.497 e. The Kier molecular flexibility index (Phi) is 4.53. The number of methoxy groups -OCH3 is 1. The molecule has 1 saturated heterocycles. The van der Waals surface area contributed by atoms with Crippen molar-refractivity contribution in [3.63, 3.8) is 0 Å². The molecule has 0 N–H and O–H groups in total. The average Bonchev–Trinajstić information content (AvgIpc) is 2.92. The number of hydrogen-bond acceptors (Lipinski definition) is 3. The van der Waals surface area contributed by atoms with Crippen LogP contribution in [0.3, 0.4) is 0 Å². The van der Waals surface area contributed by atoms with E-state index >= 15 is 0 Å². The van der Waals surface area contributed by atoms with Gasteiger partial charge in [-0.05, 0) is 44.0 Å². The first-order valence-electron chi connectivity index (χ1n) is 6.30. The monoisotopic (exact) mass is 265 g/mol. The highest BCUT2D eigenvalue weighted by Crippen LogP contribution is 2.27. The van der Waals surface area contributed by atoms with Crippen LogP contribution in [0.1, 0.15) is 19.8 Å². The molecule has 1 aliphatic rings. The van der Waals surface area contributed by atoms with Gasteiger partial charge >= 0.3 is 0 Å². The lowest BCUT2D eigenvalue weighted by Crippen LogP contribution is -2.33. The smallest absolute Gasteiger partial charge is 0.235 e. The SMILES string of the molecule is COc1ccc(S[C@@H](C)C(=O)N2CCCC2)cc1. The zero-order valence-electron chi connectivity index (χ0n) is 10.9. The summed E-state index contributed by atoms with van der Waals surface area (Å²) >= 11 is 1.61. The van der Waals surface area contributed by atoms with Crippen molar-refractivity contribution in [1.82, 2.24) is 4.90 Å². The standard InChI is InChI=1S/C14H19NO2S/c1-11(14(16)15-9-3-4-10-15)18-13-7-5-12(17-2)6-8-13/h5-8,11H,3-4,9-10H2,1-2H3/t11-/m0/s1. The summed E-state index contributed by atoms with van der Waals surface area (Å²) in [5.74, 6) is 1.10. The van der Waals surface area contributed by atoms with Gasteiger partial charge in [0.25, 0.3) is 0 Å². The van der Waals surface area contributed by atoms with Gasteiger partial charge in [-0.3, -0.25) is 4.79 Å². The Hall–Kier alpha value is -1.16. The molecular weight excluding hydrogens is 246 g/mol. The van der Waals surface area contributed by atoms with Crippen LogP contribution in [0.2, 0.25) is 0 Å². The lowest BCUT2D eigenvalue weighted by atomic mass is 10.3. The van der Waals surface area contributed by atoms with Crippen LogP contribution in [-0.2, 0) is 4.79 Å². The highest BCUT2D eigenvalue weighted by Gasteiger charge is 2.23. The maximum atomic E-state index is 12.2. The zero-order valence-corrected chi connectivity index (χ0v) is 11.7. The number of carbonyl (C=O) groups is 1. The van der Waals surface area contributed by atoms with Gasteiger partial charge in [-0.25, -0.2) is 0 Å². The van der Waals surface area contributed by atoms with Gasteiger partial charge in [0.1, 0.15) is 5.75 Å². The number of amides is 1. The molecule has 0 aliphatic carbocycles. The summed E-state index contributed by atoms with van der Waals surface area (Å²) in [4.78, 5) is 15.2. The lowest BCUT2D eigenvalue weighted by molar-refractivity contribution is -0.129. The van der Waals surface area contributed by atoms with Crippen LogP contribution >= 0.6 is 11.8 Å². The second kappa shape index (κ2) is 6.14. The molecule has 0 saturated carbocycles. The van der Waals surface area contributed by atoms with Crippen molar-refractivity contribution in [2.45, 2.75) is 29.9 Å². The first-order chi connectivity index (χ1) is 8.70. The number of nitrogens with zero attached hydrogens (tertiary/aromatic N) is 1. The Bertz CT molecular complexity index is 399. The predicted molar refractivity (Wildman–Crippen MR) is 74.1 cm³/mol. The summed E-state index contributed by atoms with van der Waals surface area (Å²) in [6.07, 6.45) is 2.29. The molecule has 1 aromatic carbocycles. The average molecular weight is 265 g/mol. The van der Waals surface area contributed by atoms with Gasteiger partial charge in [0.05, 0.1) is 12.4 Å². The largest absolute Gasteiger partial charge is 0.497 e. The molecule has 1 heterocycles. The summed E-state index contributed by atoms with van der Waals surface area (Å²) in [6, 6.07) is 7.85. The number of thioether (sulfide) groups is 1. The Labute approximate surface area is 113 Å². The van der Waals surface area contributed by atoms with E-state index in [0.717, 1.165) is 36.6 Å². The first-order valence-corrected chi connectivity index (χ1v) is 7.18. The number of benzene rings is 1. The Balaban J connectivity index is 1.92. The van der Waals surface area contributed by atoms with E-state index in [4.69, 9.17) is 4.74 Å². The molecule has 1 aliphatic heterocycles. The molecular formula is C14H19NO2S. The molecule has 1 aromatic rings. The maximum absolute atomic E-state index is 12.2. The predicted octanol–water partition coefficient (Wildman–Crippen LogP) is 2.80. The third-order valence-electron chi connectivity index (χ3n) is 3.14. The molecule has 2 rings (SSSR count). The number of carbonyl (C=O) groups excluding carboxylic acids is 1. The number of rotatable bonds is 4. The second-order valence-corrected chi connectivity index (χ2v) is 5.88. The van der Waals surface area contributed by atoms with Crippen LogP contribution < -0.4 is 4.74 Å². The molecule has 0 bridgehead atoms. The minimum atomic E-state index is -0.0171. The van der Waals surface area contributed by atoms with Crippen LogP contribution in [0.4, 0.5) is 0 Å². The molecule has 1 amide bonds. The van der Waals surface area contributed by atoms with Crippen LogP contribution in [0.15, 0.2) is 29.2 Å². The number of likely N-dealkylation sites (tertiary alicyclic amines) is 1. The van der Waals surface area contributed by atoms with Crippen LogP contribution in [0.25, 0.3) is 0 Å². The van der Waals surface area contributed by atoms with Crippen molar-refractivity contribution >= 4 is 17.7 Å². The fraction of sp³-hybridized carbons (Fsp3) is 0.500. The van der Waals surface area contributed by atoms with E-state index in [2.05, 4.69) is 0 Å². The van der Waals surface area contributed by atoms with Crippen LogP contribution in [0, 0.1) is 0 Å². The fourth-order valence-electron chi connectivity index (χ4n) is 2.10. The molecule has 3 nitrogen and oxygen atoms in total. The van der Waals surface area contributed by atoms with Crippen molar-refractivity contribution in [1.29, 1.82) is 0 Å². The number of hydrogen-bond donors (Lipinski definition) is 0. The van der Waals surface area contributed by atoms with Gasteiger partial charge in [-0.1, -0.05) is 0 Å². The molecule has 1 fully saturated rings. The van der Waals surface area contributed by atoms with Gasteiger partial charge in [-0.15, -0.1) is 11.8 Å². The van der Waals surface area contributed by atoms with E-state index in [1.54, 1.807) is 18.9 Å². The molecule has 1 atom stereocenters. The molecule has 4 heteroatoms. The normalized spacial score (nSPS) is 16.7. The summed E-state index contributed by atoms with van der Waals surface area (Å²) < 4.78 is 5.12. The molecule has 18 heavy (non-hydrogen) atoms. The van der Waals surface area contributed by atoms with Crippen molar-refractivity contribution in [2.24, 2.45) is 0 Å². The van der Waals surface area contributed by atoms with E-state index in [1.807, 2.05) is 36.1 Å². The fourth-order valence-corrected chi connectivity index (χ4v) is 3.05. The molecule has 0 aromatic heterocycles. The molecule has 98 valence electrons. The van der Waals surface area contributed by atoms with E-state index in [1.165, 1.54) is 0 Å². The zero-order chi connectivity index (χ0) is 13.0. The van der Waals surface area contributed by atoms with Gasteiger partial charge in [0.2, 0.25) is 5.91 Å². The van der Waals surface area contributed by atoms with E-state index < -0.39 is 0 Å². The lowest BCUT2D eigenvalue weighted by Gasteiger charge is -2.19. The highest BCUT2D eigenvalue weighted by atomic mass is 32.2. The van der Waals surface area contributed by atoms with Crippen LogP contribution in [0.5, 0.6) is 5.75 Å². The third-order valence-corrected chi connectivity index (χ3v) is 4.24. The quantitative estimate of drug-likeness (QED) is 0.784. The van der Waals surface area contributed by atoms with E-state index in [0.29, 0.717) is 0 Å². The summed E-state index contributed by atoms with van der Waals surface area (Å²) in [6.45, 7) is 3.83.